The van der Waals surface area contributed by atoms with E-state index in [1.54, 1.807) is 6.92 Å². The number of hydrogen-bond donors (Lipinski definition) is 1. The second-order valence-electron chi connectivity index (χ2n) is 6.03. The van der Waals surface area contributed by atoms with E-state index in [0.29, 0.717) is 29.2 Å². The molecule has 0 aliphatic rings. The molecule has 2 aromatic carbocycles. The van der Waals surface area contributed by atoms with Crippen LogP contribution in [-0.4, -0.2) is 14.9 Å². The van der Waals surface area contributed by atoms with E-state index < -0.39 is 0 Å². The van der Waals surface area contributed by atoms with Crippen LogP contribution in [0.3, 0.4) is 0 Å². The van der Waals surface area contributed by atoms with Crippen molar-refractivity contribution in [1.29, 1.82) is 0 Å². The van der Waals surface area contributed by atoms with Crippen molar-refractivity contribution in [3.05, 3.63) is 88.2 Å². The molecule has 29 heavy (non-hydrogen) atoms. The molecular formula is C23H28ClN2O2Y-. The molecule has 1 radical (unpaired) electrons. The number of rotatable bonds is 4. The predicted molar refractivity (Wildman–Crippen MR) is 118 cm³/mol. The molecule has 153 valence electrons. The molecule has 0 amide bonds. The first-order chi connectivity index (χ1) is 13.0. The molecule has 1 heterocycles. The number of hydrogen-bond acceptors (Lipinski definition) is 3. The van der Waals surface area contributed by atoms with Gasteiger partial charge in [0.1, 0.15) is 5.69 Å². The summed E-state index contributed by atoms with van der Waals surface area (Å²) in [6.45, 7) is 8.05. The molecule has 4 nitrogen and oxygen atoms in total. The van der Waals surface area contributed by atoms with E-state index in [0.717, 1.165) is 16.7 Å². The molecule has 3 rings (SSSR count). The van der Waals surface area contributed by atoms with Crippen LogP contribution in [0.2, 0.25) is 5.02 Å². The summed E-state index contributed by atoms with van der Waals surface area (Å²) in [6.07, 6.45) is 0.654. The average molecular weight is 489 g/mol. The van der Waals surface area contributed by atoms with E-state index in [2.05, 4.69) is 5.10 Å². The van der Waals surface area contributed by atoms with Crippen LogP contribution in [0.5, 0.6) is 5.75 Å². The van der Waals surface area contributed by atoms with Crippen LogP contribution in [-0.2, 0) is 45.7 Å². The third-order valence-electron chi connectivity index (χ3n) is 4.24. The Morgan fingerprint density at radius 1 is 1.03 bits per heavy atom. The van der Waals surface area contributed by atoms with Gasteiger partial charge in [-0.25, -0.2) is 4.68 Å². The van der Waals surface area contributed by atoms with Gasteiger partial charge in [0, 0.05) is 44.3 Å². The van der Waals surface area contributed by atoms with E-state index in [1.807, 2.05) is 69.3 Å². The van der Waals surface area contributed by atoms with E-state index >= 15 is 0 Å². The van der Waals surface area contributed by atoms with Gasteiger partial charge in [0.15, 0.2) is 5.75 Å². The first-order valence-electron chi connectivity index (χ1n) is 9.08. The maximum absolute atomic E-state index is 12.9. The first-order valence-corrected chi connectivity index (χ1v) is 9.46. The Balaban J connectivity index is 0.00000190. The molecule has 0 bridgehead atoms. The van der Waals surface area contributed by atoms with E-state index in [4.69, 9.17) is 11.6 Å². The third-order valence-corrected chi connectivity index (χ3v) is 4.49. The zero-order chi connectivity index (χ0) is 20.0. The normalized spacial score (nSPS) is 9.55. The first kappa shape index (κ1) is 27.5. The number of nitrogens with zero attached hydrogens (tertiary/aromatic N) is 2. The van der Waals surface area contributed by atoms with Crippen molar-refractivity contribution >= 4 is 11.6 Å². The average Bonchev–Trinajstić information content (AvgIpc) is 2.68. The number of aryl methyl sites for hydroxylation is 4. The Hall–Kier alpha value is -1.49. The van der Waals surface area contributed by atoms with Crippen molar-refractivity contribution < 1.29 is 37.8 Å². The van der Waals surface area contributed by atoms with Gasteiger partial charge < -0.3 is 12.5 Å². The van der Waals surface area contributed by atoms with Crippen LogP contribution >= 0.6 is 11.6 Å². The van der Waals surface area contributed by atoms with Gasteiger partial charge in [0.25, 0.3) is 5.56 Å². The van der Waals surface area contributed by atoms with Crippen LogP contribution in [0.25, 0.3) is 11.1 Å². The molecule has 3 aromatic rings. The fraction of sp³-hybridized carbons (Fsp3) is 0.261. The zero-order valence-electron chi connectivity index (χ0n) is 17.7. The maximum Gasteiger partial charge on any atom is 0.278 e. The van der Waals surface area contributed by atoms with Crippen LogP contribution in [0, 0.1) is 21.3 Å². The van der Waals surface area contributed by atoms with Gasteiger partial charge in [0.05, 0.1) is 5.56 Å². The molecule has 1 N–H and O–H groups in total. The number of aromatic hydroxyl groups is 1. The minimum absolute atomic E-state index is 0. The molecule has 0 saturated carbocycles. The summed E-state index contributed by atoms with van der Waals surface area (Å²) in [5.41, 5.74) is 3.20. The monoisotopic (exact) mass is 488 g/mol. The second-order valence-corrected chi connectivity index (χ2v) is 6.47. The van der Waals surface area contributed by atoms with Crippen LogP contribution in [0.1, 0.15) is 30.7 Å². The van der Waals surface area contributed by atoms with E-state index in [-0.39, 0.29) is 51.4 Å². The summed E-state index contributed by atoms with van der Waals surface area (Å²) in [4.78, 5) is 12.9. The van der Waals surface area contributed by atoms with Gasteiger partial charge in [-0.05, 0) is 49.1 Å². The smallest absolute Gasteiger partial charge is 0.278 e. The molecular weight excluding hydrogens is 461 g/mol. The molecule has 0 aliphatic carbocycles. The zero-order valence-corrected chi connectivity index (χ0v) is 21.3. The molecule has 1 aromatic heterocycles. The largest absolute Gasteiger partial charge is 0.505 e. The summed E-state index contributed by atoms with van der Waals surface area (Å²) < 4.78 is 1.42. The minimum Gasteiger partial charge on any atom is -0.505 e. The van der Waals surface area contributed by atoms with Crippen molar-refractivity contribution in [2.75, 3.05) is 0 Å². The number of benzene rings is 2. The molecule has 0 atom stereocenters. The van der Waals surface area contributed by atoms with E-state index in [9.17, 15) is 9.90 Å². The van der Waals surface area contributed by atoms with Crippen molar-refractivity contribution in [2.24, 2.45) is 0 Å². The maximum atomic E-state index is 12.9. The topological polar surface area (TPSA) is 55.1 Å². The summed E-state index contributed by atoms with van der Waals surface area (Å²) in [7, 11) is 0. The van der Waals surface area contributed by atoms with Gasteiger partial charge in [-0.3, -0.25) is 4.79 Å². The Morgan fingerprint density at radius 3 is 2.21 bits per heavy atom. The molecule has 0 unspecified atom stereocenters. The molecule has 6 heteroatoms. The fourth-order valence-electron chi connectivity index (χ4n) is 2.82. The van der Waals surface area contributed by atoms with Crippen molar-refractivity contribution in [1.82, 2.24) is 9.78 Å². The SMILES string of the molecule is CC.Cc1ccccc1-c1c(O)c(C)nn(CCc2ccc(Cl)cc2)c1=O.[CH3-].[Y]. The van der Waals surface area contributed by atoms with Gasteiger partial charge in [0.2, 0.25) is 0 Å². The van der Waals surface area contributed by atoms with Gasteiger partial charge >= 0.3 is 0 Å². The molecule has 0 spiro atoms. The van der Waals surface area contributed by atoms with Crippen LogP contribution in [0.15, 0.2) is 53.3 Å². The molecule has 0 saturated heterocycles. The summed E-state index contributed by atoms with van der Waals surface area (Å²) in [5, 5.41) is 15.3. The van der Waals surface area contributed by atoms with Crippen molar-refractivity contribution in [3.8, 4) is 16.9 Å². The Bertz CT molecular complexity index is 970. The summed E-state index contributed by atoms with van der Waals surface area (Å²) >= 11 is 5.90. The van der Waals surface area contributed by atoms with Crippen LogP contribution < -0.4 is 5.56 Å². The Kier molecular flexibility index (Phi) is 12.3. The minimum atomic E-state index is -0.286. The summed E-state index contributed by atoms with van der Waals surface area (Å²) in [6, 6.07) is 15.0. The summed E-state index contributed by atoms with van der Waals surface area (Å²) in [5.74, 6) is -0.0537. The quantitative estimate of drug-likeness (QED) is 0.486. The Morgan fingerprint density at radius 2 is 1.62 bits per heavy atom. The second kappa shape index (κ2) is 12.9. The third kappa shape index (κ3) is 6.77. The van der Waals surface area contributed by atoms with Gasteiger partial charge in [-0.15, -0.1) is 0 Å². The van der Waals surface area contributed by atoms with Crippen molar-refractivity contribution in [3.63, 3.8) is 0 Å². The fourth-order valence-corrected chi connectivity index (χ4v) is 2.94. The molecule has 0 fully saturated rings. The van der Waals surface area contributed by atoms with E-state index in [1.165, 1.54) is 4.68 Å². The standard InChI is InChI=1S/C20H19ClN2O2.C2H6.CH3.Y/c1-13-5-3-4-6-17(13)18-19(24)14(2)22-23(20(18)25)12-11-15-7-9-16(21)10-8-15;1-2;;/h3-10,24H,11-12H2,1-2H3;1-2H3;1H3;/q;;-1;. The molecule has 0 aliphatic heterocycles. The van der Waals surface area contributed by atoms with Crippen LogP contribution in [0.4, 0.5) is 0 Å². The number of aromatic nitrogens is 2. The van der Waals surface area contributed by atoms with Gasteiger partial charge in [-0.1, -0.05) is 61.8 Å². The number of halogens is 1. The van der Waals surface area contributed by atoms with Gasteiger partial charge in [-0.2, -0.15) is 5.10 Å². The Labute approximate surface area is 203 Å². The predicted octanol–water partition coefficient (Wildman–Crippen LogP) is 5.60. The van der Waals surface area contributed by atoms with Crippen molar-refractivity contribution in [2.45, 2.75) is 40.7 Å².